The summed E-state index contributed by atoms with van der Waals surface area (Å²) >= 11 is 0. The Labute approximate surface area is 158 Å². The molecule has 0 fully saturated rings. The quantitative estimate of drug-likeness (QED) is 0.378. The molecule has 0 saturated heterocycles. The molecule has 0 amide bonds. The summed E-state index contributed by atoms with van der Waals surface area (Å²) in [5.74, 6) is 0. The van der Waals surface area contributed by atoms with Gasteiger partial charge in [-0.2, -0.15) is 0 Å². The van der Waals surface area contributed by atoms with E-state index < -0.39 is 0 Å². The fourth-order valence-electron chi connectivity index (χ4n) is 3.73. The van der Waals surface area contributed by atoms with E-state index >= 15 is 0 Å². The second-order valence-electron chi connectivity index (χ2n) is 6.91. The Balaban J connectivity index is 1.65. The lowest BCUT2D eigenvalue weighted by molar-refractivity contribution is 1.18. The average molecular weight is 348 g/mol. The molecule has 0 saturated carbocycles. The Bertz CT molecular complexity index is 1190. The van der Waals surface area contributed by atoms with Crippen molar-refractivity contribution in [2.24, 2.45) is 0 Å². The van der Waals surface area contributed by atoms with E-state index in [1.165, 1.54) is 27.4 Å². The molecule has 0 atom stereocenters. The Morgan fingerprint density at radius 3 is 1.89 bits per heavy atom. The first-order chi connectivity index (χ1) is 13.3. The van der Waals surface area contributed by atoms with Crippen molar-refractivity contribution in [1.29, 1.82) is 0 Å². The van der Waals surface area contributed by atoms with Crippen LogP contribution in [0.4, 0.5) is 11.4 Å². The van der Waals surface area contributed by atoms with E-state index in [1.54, 1.807) is 0 Å². The first kappa shape index (κ1) is 15.7. The van der Waals surface area contributed by atoms with Crippen LogP contribution in [0, 0.1) is 6.92 Å². The van der Waals surface area contributed by atoms with Gasteiger partial charge in [-0.15, -0.1) is 0 Å². The number of nitrogens with one attached hydrogen (secondary N) is 1. The highest BCUT2D eigenvalue weighted by Gasteiger charge is 2.11. The number of aromatic nitrogens is 1. The van der Waals surface area contributed by atoms with Gasteiger partial charge in [0, 0.05) is 27.8 Å². The highest BCUT2D eigenvalue weighted by molar-refractivity contribution is 6.09. The second kappa shape index (κ2) is 6.33. The Hall–Kier alpha value is -3.52. The van der Waals surface area contributed by atoms with Crippen LogP contribution in [-0.4, -0.2) is 4.57 Å². The summed E-state index contributed by atoms with van der Waals surface area (Å²) in [6, 6.07) is 34.3. The molecule has 1 N–H and O–H groups in total. The molecule has 1 heterocycles. The fourth-order valence-corrected chi connectivity index (χ4v) is 3.73. The van der Waals surface area contributed by atoms with E-state index in [0.717, 1.165) is 17.1 Å². The number of fused-ring (bicyclic) bond motifs is 3. The molecule has 0 aliphatic heterocycles. The van der Waals surface area contributed by atoms with E-state index in [2.05, 4.69) is 114 Å². The molecule has 0 bridgehead atoms. The summed E-state index contributed by atoms with van der Waals surface area (Å²) in [4.78, 5) is 0. The molecule has 1 aromatic heterocycles. The highest BCUT2D eigenvalue weighted by Crippen LogP contribution is 2.32. The molecule has 5 rings (SSSR count). The summed E-state index contributed by atoms with van der Waals surface area (Å²) in [6.07, 6.45) is 0. The summed E-state index contributed by atoms with van der Waals surface area (Å²) in [5.41, 5.74) is 7.06. The molecule has 0 radical (unpaired) electrons. The van der Waals surface area contributed by atoms with Crippen molar-refractivity contribution >= 4 is 33.2 Å². The van der Waals surface area contributed by atoms with Gasteiger partial charge < -0.3 is 9.88 Å². The van der Waals surface area contributed by atoms with Crippen LogP contribution in [0.3, 0.4) is 0 Å². The van der Waals surface area contributed by atoms with Crippen LogP contribution in [0.5, 0.6) is 0 Å². The van der Waals surface area contributed by atoms with E-state index in [-0.39, 0.29) is 0 Å². The van der Waals surface area contributed by atoms with Crippen molar-refractivity contribution in [3.63, 3.8) is 0 Å². The third kappa shape index (κ3) is 2.76. The zero-order valence-corrected chi connectivity index (χ0v) is 15.2. The van der Waals surface area contributed by atoms with E-state index in [1.807, 2.05) is 0 Å². The molecule has 130 valence electrons. The predicted octanol–water partition coefficient (Wildman–Crippen LogP) is 6.84. The van der Waals surface area contributed by atoms with Gasteiger partial charge in [-0.3, -0.25) is 0 Å². The molecular formula is C25H20N2. The normalized spacial score (nSPS) is 11.1. The van der Waals surface area contributed by atoms with Crippen molar-refractivity contribution in [3.8, 4) is 5.69 Å². The number of hydrogen-bond donors (Lipinski definition) is 1. The van der Waals surface area contributed by atoms with Gasteiger partial charge >= 0.3 is 0 Å². The van der Waals surface area contributed by atoms with Crippen LogP contribution in [0.15, 0.2) is 97.1 Å². The standard InChI is InChI=1S/C25H20N2/c1-18-13-15-19(16-14-18)26-20-7-6-8-21(17-20)27-24-11-4-2-9-22(24)23-10-3-5-12-25(23)27/h2-17,26H,1H3. The van der Waals surface area contributed by atoms with Crippen molar-refractivity contribution in [2.75, 3.05) is 5.32 Å². The van der Waals surface area contributed by atoms with Crippen LogP contribution in [0.2, 0.25) is 0 Å². The lowest BCUT2D eigenvalue weighted by Gasteiger charge is -2.11. The first-order valence-corrected chi connectivity index (χ1v) is 9.22. The van der Waals surface area contributed by atoms with Gasteiger partial charge in [0.05, 0.1) is 11.0 Å². The molecule has 4 aromatic carbocycles. The number of para-hydroxylation sites is 2. The number of aryl methyl sites for hydroxylation is 1. The van der Waals surface area contributed by atoms with E-state index in [4.69, 9.17) is 0 Å². The maximum atomic E-state index is 3.52. The van der Waals surface area contributed by atoms with Crippen molar-refractivity contribution in [3.05, 3.63) is 103 Å². The fraction of sp³-hybridized carbons (Fsp3) is 0.0400. The molecule has 27 heavy (non-hydrogen) atoms. The Morgan fingerprint density at radius 2 is 1.22 bits per heavy atom. The molecular weight excluding hydrogens is 328 g/mol. The van der Waals surface area contributed by atoms with Gasteiger partial charge in [0.1, 0.15) is 0 Å². The summed E-state index contributed by atoms with van der Waals surface area (Å²) in [7, 11) is 0. The lowest BCUT2D eigenvalue weighted by Crippen LogP contribution is -1.96. The largest absolute Gasteiger partial charge is 0.355 e. The molecule has 0 aliphatic carbocycles. The van der Waals surface area contributed by atoms with Gasteiger partial charge in [0.2, 0.25) is 0 Å². The minimum absolute atomic E-state index is 1.08. The molecule has 0 unspecified atom stereocenters. The van der Waals surface area contributed by atoms with Crippen LogP contribution >= 0.6 is 0 Å². The van der Waals surface area contributed by atoms with Crippen molar-refractivity contribution in [1.82, 2.24) is 4.57 Å². The highest BCUT2D eigenvalue weighted by atomic mass is 15.0. The van der Waals surface area contributed by atoms with Gasteiger partial charge in [-0.05, 0) is 49.4 Å². The monoisotopic (exact) mass is 348 g/mol. The van der Waals surface area contributed by atoms with Gasteiger partial charge in [-0.25, -0.2) is 0 Å². The Morgan fingerprint density at radius 1 is 0.593 bits per heavy atom. The molecule has 2 nitrogen and oxygen atoms in total. The second-order valence-corrected chi connectivity index (χ2v) is 6.91. The molecule has 0 aliphatic rings. The van der Waals surface area contributed by atoms with Gasteiger partial charge in [0.15, 0.2) is 0 Å². The summed E-state index contributed by atoms with van der Waals surface area (Å²) in [6.45, 7) is 2.10. The lowest BCUT2D eigenvalue weighted by atomic mass is 10.2. The summed E-state index contributed by atoms with van der Waals surface area (Å²) < 4.78 is 2.34. The zero-order valence-electron chi connectivity index (χ0n) is 15.2. The van der Waals surface area contributed by atoms with E-state index in [0.29, 0.717) is 0 Å². The SMILES string of the molecule is Cc1ccc(Nc2cccc(-n3c4ccccc4c4ccccc43)c2)cc1. The number of benzene rings is 4. The number of nitrogens with zero attached hydrogens (tertiary/aromatic N) is 1. The first-order valence-electron chi connectivity index (χ1n) is 9.22. The minimum Gasteiger partial charge on any atom is -0.355 e. The van der Waals surface area contributed by atoms with Crippen LogP contribution in [0.25, 0.3) is 27.5 Å². The summed E-state index contributed by atoms with van der Waals surface area (Å²) in [5, 5.41) is 6.08. The minimum atomic E-state index is 1.08. The number of anilines is 2. The smallest absolute Gasteiger partial charge is 0.0541 e. The topological polar surface area (TPSA) is 17.0 Å². The Kier molecular flexibility index (Phi) is 3.68. The van der Waals surface area contributed by atoms with Gasteiger partial charge in [-0.1, -0.05) is 60.2 Å². The molecule has 5 aromatic rings. The molecule has 2 heteroatoms. The van der Waals surface area contributed by atoms with E-state index in [9.17, 15) is 0 Å². The van der Waals surface area contributed by atoms with Crippen LogP contribution < -0.4 is 5.32 Å². The maximum Gasteiger partial charge on any atom is 0.0541 e. The van der Waals surface area contributed by atoms with Crippen LogP contribution in [-0.2, 0) is 0 Å². The van der Waals surface area contributed by atoms with Crippen LogP contribution in [0.1, 0.15) is 5.56 Å². The van der Waals surface area contributed by atoms with Crippen molar-refractivity contribution in [2.45, 2.75) is 6.92 Å². The predicted molar refractivity (Wildman–Crippen MR) is 115 cm³/mol. The molecule has 0 spiro atoms. The zero-order chi connectivity index (χ0) is 18.2. The third-order valence-electron chi connectivity index (χ3n) is 5.02. The average Bonchev–Trinajstić information content (AvgIpc) is 3.05. The number of hydrogen-bond acceptors (Lipinski definition) is 1. The third-order valence-corrected chi connectivity index (χ3v) is 5.02. The van der Waals surface area contributed by atoms with Gasteiger partial charge in [0.25, 0.3) is 0 Å². The maximum absolute atomic E-state index is 3.52. The number of rotatable bonds is 3. The van der Waals surface area contributed by atoms with Crippen molar-refractivity contribution < 1.29 is 0 Å².